The molecule has 1 atom stereocenters. The average molecular weight is 291 g/mol. The second kappa shape index (κ2) is 6.47. The van der Waals surface area contributed by atoms with Crippen LogP contribution in [0.4, 0.5) is 11.4 Å². The molecular formula is C15H21N3O3. The van der Waals surface area contributed by atoms with E-state index in [4.69, 9.17) is 10.5 Å². The number of nitrogen functional groups attached to an aromatic ring is 1. The molecule has 0 radical (unpaired) electrons. The van der Waals surface area contributed by atoms with Crippen molar-refractivity contribution in [1.82, 2.24) is 5.32 Å². The third-order valence-electron chi connectivity index (χ3n) is 3.49. The van der Waals surface area contributed by atoms with E-state index in [1.54, 1.807) is 19.1 Å². The lowest BCUT2D eigenvalue weighted by atomic mass is 10.1. The Morgan fingerprint density at radius 1 is 1.48 bits per heavy atom. The van der Waals surface area contributed by atoms with Crippen LogP contribution in [0.2, 0.25) is 0 Å². The van der Waals surface area contributed by atoms with Crippen molar-refractivity contribution in [2.75, 3.05) is 30.3 Å². The molecule has 2 rings (SSSR count). The average Bonchev–Trinajstić information content (AvgIpc) is 2.87. The normalized spacial score (nSPS) is 17.6. The highest BCUT2D eigenvalue weighted by Gasteiger charge is 2.24. The van der Waals surface area contributed by atoms with Gasteiger partial charge in [-0.2, -0.15) is 0 Å². The zero-order valence-corrected chi connectivity index (χ0v) is 12.4. The Labute approximate surface area is 124 Å². The number of amides is 1. The predicted molar refractivity (Wildman–Crippen MR) is 81.2 cm³/mol. The minimum Gasteiger partial charge on any atom is -0.462 e. The zero-order chi connectivity index (χ0) is 15.4. The molecular weight excluding hydrogens is 270 g/mol. The number of nitrogens with one attached hydrogen (secondary N) is 1. The molecule has 0 aliphatic carbocycles. The van der Waals surface area contributed by atoms with E-state index >= 15 is 0 Å². The highest BCUT2D eigenvalue weighted by atomic mass is 16.5. The fourth-order valence-corrected chi connectivity index (χ4v) is 2.53. The molecule has 6 nitrogen and oxygen atoms in total. The van der Waals surface area contributed by atoms with Crippen LogP contribution in [-0.2, 0) is 9.53 Å². The van der Waals surface area contributed by atoms with Gasteiger partial charge < -0.3 is 20.7 Å². The molecule has 3 N–H and O–H groups in total. The van der Waals surface area contributed by atoms with Crippen LogP contribution in [-0.4, -0.2) is 37.6 Å². The summed E-state index contributed by atoms with van der Waals surface area (Å²) in [7, 11) is 0. The van der Waals surface area contributed by atoms with Crippen LogP contribution >= 0.6 is 0 Å². The quantitative estimate of drug-likeness (QED) is 0.642. The van der Waals surface area contributed by atoms with Gasteiger partial charge in [-0.15, -0.1) is 0 Å². The first-order chi connectivity index (χ1) is 10.0. The van der Waals surface area contributed by atoms with Crippen molar-refractivity contribution in [3.63, 3.8) is 0 Å². The number of carbonyl (C=O) groups is 2. The number of hydrogen-bond acceptors (Lipinski definition) is 5. The number of ether oxygens (including phenoxy) is 1. The number of rotatable bonds is 4. The summed E-state index contributed by atoms with van der Waals surface area (Å²) in [6, 6.07) is 5.50. The van der Waals surface area contributed by atoms with Gasteiger partial charge in [-0.25, -0.2) is 4.79 Å². The van der Waals surface area contributed by atoms with Crippen molar-refractivity contribution in [3.05, 3.63) is 23.8 Å². The summed E-state index contributed by atoms with van der Waals surface area (Å²) in [4.78, 5) is 25.1. The van der Waals surface area contributed by atoms with Gasteiger partial charge in [0, 0.05) is 37.4 Å². The van der Waals surface area contributed by atoms with Gasteiger partial charge in [0.1, 0.15) is 0 Å². The second-order valence-electron chi connectivity index (χ2n) is 5.12. The maximum atomic E-state index is 11.9. The van der Waals surface area contributed by atoms with Crippen molar-refractivity contribution in [2.45, 2.75) is 26.3 Å². The van der Waals surface area contributed by atoms with E-state index in [1.807, 2.05) is 6.07 Å². The third-order valence-corrected chi connectivity index (χ3v) is 3.49. The van der Waals surface area contributed by atoms with Gasteiger partial charge in [0.15, 0.2) is 0 Å². The summed E-state index contributed by atoms with van der Waals surface area (Å²) < 4.78 is 5.01. The van der Waals surface area contributed by atoms with Crippen molar-refractivity contribution in [2.24, 2.45) is 0 Å². The standard InChI is InChI=1S/C15H21N3O3/c1-3-21-15(20)13-8-12(4-5-14(13)16)18-7-6-11(9-18)17-10(2)19/h4-5,8,11H,3,6-7,9,16H2,1-2H3,(H,17,19). The molecule has 1 aliphatic rings. The highest BCUT2D eigenvalue weighted by Crippen LogP contribution is 2.25. The molecule has 1 aliphatic heterocycles. The number of carbonyl (C=O) groups excluding carboxylic acids is 2. The Morgan fingerprint density at radius 3 is 2.90 bits per heavy atom. The topological polar surface area (TPSA) is 84.7 Å². The summed E-state index contributed by atoms with van der Waals surface area (Å²) in [5, 5.41) is 2.91. The van der Waals surface area contributed by atoms with Gasteiger partial charge in [0.25, 0.3) is 0 Å². The maximum absolute atomic E-state index is 11.9. The minimum absolute atomic E-state index is 0.0219. The van der Waals surface area contributed by atoms with Gasteiger partial charge in [-0.3, -0.25) is 4.79 Å². The van der Waals surface area contributed by atoms with Crippen LogP contribution in [0, 0.1) is 0 Å². The van der Waals surface area contributed by atoms with Gasteiger partial charge in [0.2, 0.25) is 5.91 Å². The summed E-state index contributed by atoms with van der Waals surface area (Å²) in [5.41, 5.74) is 7.55. The fraction of sp³-hybridized carbons (Fsp3) is 0.467. The number of nitrogens with zero attached hydrogens (tertiary/aromatic N) is 1. The molecule has 1 aromatic carbocycles. The van der Waals surface area contributed by atoms with E-state index in [2.05, 4.69) is 10.2 Å². The van der Waals surface area contributed by atoms with Gasteiger partial charge in [-0.05, 0) is 31.5 Å². The van der Waals surface area contributed by atoms with E-state index in [9.17, 15) is 9.59 Å². The van der Waals surface area contributed by atoms with Crippen LogP contribution < -0.4 is 16.0 Å². The lowest BCUT2D eigenvalue weighted by Gasteiger charge is -2.20. The molecule has 1 amide bonds. The number of nitrogens with two attached hydrogens (primary N) is 1. The Morgan fingerprint density at radius 2 is 2.24 bits per heavy atom. The van der Waals surface area contributed by atoms with Crippen molar-refractivity contribution in [3.8, 4) is 0 Å². The Hall–Kier alpha value is -2.24. The lowest BCUT2D eigenvalue weighted by Crippen LogP contribution is -2.35. The van der Waals surface area contributed by atoms with Gasteiger partial charge in [-0.1, -0.05) is 0 Å². The first-order valence-corrected chi connectivity index (χ1v) is 7.10. The van der Waals surface area contributed by atoms with E-state index < -0.39 is 5.97 Å². The molecule has 0 spiro atoms. The third kappa shape index (κ3) is 3.65. The van der Waals surface area contributed by atoms with Crippen LogP contribution in [0.1, 0.15) is 30.6 Å². The number of hydrogen-bond donors (Lipinski definition) is 2. The SMILES string of the molecule is CCOC(=O)c1cc(N2CCC(NC(C)=O)C2)ccc1N. The van der Waals surface area contributed by atoms with Crippen LogP contribution in [0.5, 0.6) is 0 Å². The Bertz CT molecular complexity index is 545. The molecule has 0 aromatic heterocycles. The van der Waals surface area contributed by atoms with E-state index in [0.717, 1.165) is 25.2 Å². The van der Waals surface area contributed by atoms with E-state index in [0.29, 0.717) is 17.9 Å². The first kappa shape index (κ1) is 15.2. The highest BCUT2D eigenvalue weighted by molar-refractivity contribution is 5.96. The molecule has 21 heavy (non-hydrogen) atoms. The molecule has 0 bridgehead atoms. The van der Waals surface area contributed by atoms with Crippen molar-refractivity contribution in [1.29, 1.82) is 0 Å². The number of esters is 1. The maximum Gasteiger partial charge on any atom is 0.340 e. The molecule has 1 aromatic rings. The number of anilines is 2. The lowest BCUT2D eigenvalue weighted by molar-refractivity contribution is -0.119. The van der Waals surface area contributed by atoms with Gasteiger partial charge in [0.05, 0.1) is 12.2 Å². The molecule has 1 heterocycles. The smallest absolute Gasteiger partial charge is 0.340 e. The molecule has 1 saturated heterocycles. The molecule has 6 heteroatoms. The Kier molecular flexibility index (Phi) is 4.67. The molecule has 114 valence electrons. The summed E-state index contributed by atoms with van der Waals surface area (Å²) in [6.07, 6.45) is 0.888. The molecule has 1 fully saturated rings. The van der Waals surface area contributed by atoms with Crippen LogP contribution in [0.15, 0.2) is 18.2 Å². The summed E-state index contributed by atoms with van der Waals surface area (Å²) >= 11 is 0. The van der Waals surface area contributed by atoms with Crippen molar-refractivity contribution < 1.29 is 14.3 Å². The molecule has 0 saturated carbocycles. The summed E-state index contributed by atoms with van der Waals surface area (Å²) in [5.74, 6) is -0.430. The fourth-order valence-electron chi connectivity index (χ4n) is 2.53. The first-order valence-electron chi connectivity index (χ1n) is 7.10. The Balaban J connectivity index is 2.12. The van der Waals surface area contributed by atoms with Gasteiger partial charge >= 0.3 is 5.97 Å². The van der Waals surface area contributed by atoms with Crippen molar-refractivity contribution >= 4 is 23.3 Å². The predicted octanol–water partition coefficient (Wildman–Crippen LogP) is 1.16. The van der Waals surface area contributed by atoms with Crippen LogP contribution in [0.3, 0.4) is 0 Å². The zero-order valence-electron chi connectivity index (χ0n) is 12.4. The largest absolute Gasteiger partial charge is 0.462 e. The minimum atomic E-state index is -0.408. The van der Waals surface area contributed by atoms with E-state index in [1.165, 1.54) is 6.92 Å². The van der Waals surface area contributed by atoms with Crippen LogP contribution in [0.25, 0.3) is 0 Å². The monoisotopic (exact) mass is 291 g/mol. The summed E-state index contributed by atoms with van der Waals surface area (Å²) in [6.45, 7) is 5.15. The molecule has 1 unspecified atom stereocenters. The van der Waals surface area contributed by atoms with E-state index in [-0.39, 0.29) is 11.9 Å². The number of benzene rings is 1. The second-order valence-corrected chi connectivity index (χ2v) is 5.12.